The van der Waals surface area contributed by atoms with Gasteiger partial charge in [0.25, 0.3) is 0 Å². The molecule has 1 aliphatic rings. The van der Waals surface area contributed by atoms with Gasteiger partial charge in [0.05, 0.1) is 6.20 Å². The molecule has 0 spiro atoms. The number of hydrogen-bond donors (Lipinski definition) is 0. The Labute approximate surface area is 148 Å². The summed E-state index contributed by atoms with van der Waals surface area (Å²) in [5, 5.41) is 8.43. The molecule has 0 fully saturated rings. The fourth-order valence-corrected chi connectivity index (χ4v) is 3.41. The molecule has 0 N–H and O–H groups in total. The summed E-state index contributed by atoms with van der Waals surface area (Å²) in [7, 11) is 2.00. The second-order valence-corrected chi connectivity index (χ2v) is 6.51. The number of aromatic nitrogens is 3. The zero-order chi connectivity index (χ0) is 17.2. The van der Waals surface area contributed by atoms with Crippen molar-refractivity contribution >= 4 is 17.5 Å². The summed E-state index contributed by atoms with van der Waals surface area (Å²) in [5.41, 5.74) is 3.79. The van der Waals surface area contributed by atoms with Crippen molar-refractivity contribution in [3.63, 3.8) is 0 Å². The number of fused-ring (bicyclic) bond motifs is 1. The Morgan fingerprint density at radius 3 is 2.68 bits per heavy atom. The average Bonchev–Trinajstić information content (AvgIpc) is 2.98. The smallest absolute Gasteiger partial charge is 0.247 e. The van der Waals surface area contributed by atoms with Crippen LogP contribution in [0.15, 0.2) is 60.8 Å². The van der Waals surface area contributed by atoms with Crippen molar-refractivity contribution in [2.75, 3.05) is 16.8 Å². The van der Waals surface area contributed by atoms with Gasteiger partial charge in [0.2, 0.25) is 5.95 Å². The van der Waals surface area contributed by atoms with Crippen LogP contribution in [0.4, 0.5) is 17.5 Å². The van der Waals surface area contributed by atoms with Crippen molar-refractivity contribution < 1.29 is 0 Å². The molecule has 0 aliphatic carbocycles. The third-order valence-corrected chi connectivity index (χ3v) is 4.59. The van der Waals surface area contributed by atoms with Crippen molar-refractivity contribution in [2.45, 2.75) is 25.9 Å². The molecule has 25 heavy (non-hydrogen) atoms. The molecule has 0 radical (unpaired) electrons. The Morgan fingerprint density at radius 1 is 1.08 bits per heavy atom. The van der Waals surface area contributed by atoms with Crippen LogP contribution in [-0.4, -0.2) is 28.3 Å². The number of para-hydroxylation sites is 1. The number of hydrogen-bond acceptors (Lipinski definition) is 5. The molecule has 2 aromatic carbocycles. The molecule has 5 heteroatoms. The van der Waals surface area contributed by atoms with E-state index in [1.807, 2.05) is 30.1 Å². The van der Waals surface area contributed by atoms with Crippen molar-refractivity contribution in [1.82, 2.24) is 15.2 Å². The van der Waals surface area contributed by atoms with Crippen LogP contribution in [0.2, 0.25) is 0 Å². The minimum atomic E-state index is 0.362. The Balaban J connectivity index is 1.62. The molecule has 2 heterocycles. The number of nitrogens with zero attached hydrogens (tertiary/aromatic N) is 5. The minimum absolute atomic E-state index is 0.362. The van der Waals surface area contributed by atoms with Crippen LogP contribution < -0.4 is 9.80 Å². The third-order valence-electron chi connectivity index (χ3n) is 4.59. The van der Waals surface area contributed by atoms with Gasteiger partial charge in [-0.1, -0.05) is 48.5 Å². The van der Waals surface area contributed by atoms with Gasteiger partial charge in [-0.2, -0.15) is 10.1 Å². The van der Waals surface area contributed by atoms with E-state index in [0.29, 0.717) is 12.0 Å². The van der Waals surface area contributed by atoms with Crippen LogP contribution in [0.25, 0.3) is 0 Å². The SMILES string of the molecule is CC1Cc2ccccc2N1c1cnnc(N(C)Cc2ccccc2)n1. The van der Waals surface area contributed by atoms with Crippen LogP contribution in [0, 0.1) is 0 Å². The fraction of sp³-hybridized carbons (Fsp3) is 0.250. The van der Waals surface area contributed by atoms with Gasteiger partial charge in [-0.3, -0.25) is 0 Å². The van der Waals surface area contributed by atoms with Crippen molar-refractivity contribution in [3.8, 4) is 0 Å². The number of anilines is 3. The molecule has 0 amide bonds. The highest BCUT2D eigenvalue weighted by atomic mass is 15.3. The van der Waals surface area contributed by atoms with Crippen LogP contribution in [0.1, 0.15) is 18.1 Å². The molecule has 3 aromatic rings. The standard InChI is InChI=1S/C20H21N5/c1-15-12-17-10-6-7-11-18(17)25(15)19-13-21-23-20(22-19)24(2)14-16-8-4-3-5-9-16/h3-11,13,15H,12,14H2,1-2H3. The Bertz CT molecular complexity index is 865. The summed E-state index contributed by atoms with van der Waals surface area (Å²) in [6.45, 7) is 2.97. The lowest BCUT2D eigenvalue weighted by Crippen LogP contribution is -2.27. The zero-order valence-corrected chi connectivity index (χ0v) is 14.5. The molecular weight excluding hydrogens is 310 g/mol. The first-order valence-corrected chi connectivity index (χ1v) is 8.54. The van der Waals surface area contributed by atoms with E-state index in [1.54, 1.807) is 6.20 Å². The topological polar surface area (TPSA) is 45.2 Å². The average molecular weight is 331 g/mol. The maximum Gasteiger partial charge on any atom is 0.247 e. The largest absolute Gasteiger partial charge is 0.338 e. The van der Waals surface area contributed by atoms with Gasteiger partial charge in [0.1, 0.15) is 0 Å². The second kappa shape index (κ2) is 6.51. The predicted octanol–water partition coefficient (Wildman–Crippen LogP) is 3.59. The molecule has 0 bridgehead atoms. The van der Waals surface area contributed by atoms with Gasteiger partial charge in [0.15, 0.2) is 5.82 Å². The Kier molecular flexibility index (Phi) is 4.06. The zero-order valence-electron chi connectivity index (χ0n) is 14.5. The maximum atomic E-state index is 4.78. The highest BCUT2D eigenvalue weighted by molar-refractivity contribution is 5.68. The normalized spacial score (nSPS) is 15.9. The van der Waals surface area contributed by atoms with E-state index in [-0.39, 0.29) is 0 Å². The minimum Gasteiger partial charge on any atom is -0.338 e. The first kappa shape index (κ1) is 15.6. The predicted molar refractivity (Wildman–Crippen MR) is 100 cm³/mol. The monoisotopic (exact) mass is 331 g/mol. The van der Waals surface area contributed by atoms with E-state index in [0.717, 1.165) is 18.8 Å². The molecule has 5 nitrogen and oxygen atoms in total. The first-order chi connectivity index (χ1) is 12.2. The number of rotatable bonds is 4. The molecule has 1 unspecified atom stereocenters. The Morgan fingerprint density at radius 2 is 1.84 bits per heavy atom. The molecule has 1 aromatic heterocycles. The van der Waals surface area contributed by atoms with E-state index in [9.17, 15) is 0 Å². The van der Waals surface area contributed by atoms with Crippen molar-refractivity contribution in [1.29, 1.82) is 0 Å². The van der Waals surface area contributed by atoms with Crippen LogP contribution >= 0.6 is 0 Å². The number of benzene rings is 2. The van der Waals surface area contributed by atoms with Crippen LogP contribution in [0.5, 0.6) is 0 Å². The lowest BCUT2D eigenvalue weighted by Gasteiger charge is -2.24. The van der Waals surface area contributed by atoms with E-state index in [2.05, 4.69) is 58.4 Å². The highest BCUT2D eigenvalue weighted by Gasteiger charge is 2.28. The van der Waals surface area contributed by atoms with E-state index in [1.165, 1.54) is 16.8 Å². The summed E-state index contributed by atoms with van der Waals surface area (Å²) in [5.74, 6) is 1.49. The van der Waals surface area contributed by atoms with Crippen LogP contribution in [-0.2, 0) is 13.0 Å². The molecule has 1 aliphatic heterocycles. The van der Waals surface area contributed by atoms with E-state index in [4.69, 9.17) is 4.98 Å². The fourth-order valence-electron chi connectivity index (χ4n) is 3.41. The molecule has 126 valence electrons. The van der Waals surface area contributed by atoms with Gasteiger partial charge in [-0.05, 0) is 30.5 Å². The maximum absolute atomic E-state index is 4.78. The Hall–Kier alpha value is -2.95. The molecule has 0 saturated carbocycles. The summed E-state index contributed by atoms with van der Waals surface area (Å²) in [6, 6.07) is 19.2. The summed E-state index contributed by atoms with van der Waals surface area (Å²) in [4.78, 5) is 9.06. The summed E-state index contributed by atoms with van der Waals surface area (Å²) in [6.07, 6.45) is 2.77. The highest BCUT2D eigenvalue weighted by Crippen LogP contribution is 2.37. The van der Waals surface area contributed by atoms with Gasteiger partial charge < -0.3 is 9.80 Å². The summed E-state index contributed by atoms with van der Waals surface area (Å²) < 4.78 is 0. The van der Waals surface area contributed by atoms with Crippen molar-refractivity contribution in [2.24, 2.45) is 0 Å². The van der Waals surface area contributed by atoms with Gasteiger partial charge in [-0.15, -0.1) is 5.10 Å². The van der Waals surface area contributed by atoms with Gasteiger partial charge >= 0.3 is 0 Å². The van der Waals surface area contributed by atoms with E-state index >= 15 is 0 Å². The quantitative estimate of drug-likeness (QED) is 0.731. The molecular formula is C20H21N5. The lowest BCUT2D eigenvalue weighted by atomic mass is 10.1. The van der Waals surface area contributed by atoms with E-state index < -0.39 is 0 Å². The van der Waals surface area contributed by atoms with Gasteiger partial charge in [-0.25, -0.2) is 0 Å². The summed E-state index contributed by atoms with van der Waals surface area (Å²) >= 11 is 0. The van der Waals surface area contributed by atoms with Crippen LogP contribution in [0.3, 0.4) is 0 Å². The lowest BCUT2D eigenvalue weighted by molar-refractivity contribution is 0.738. The second-order valence-electron chi connectivity index (χ2n) is 6.51. The molecule has 1 atom stereocenters. The molecule has 4 rings (SSSR count). The van der Waals surface area contributed by atoms with Gasteiger partial charge in [0, 0.05) is 25.3 Å². The first-order valence-electron chi connectivity index (χ1n) is 8.54. The third kappa shape index (κ3) is 3.05. The van der Waals surface area contributed by atoms with Crippen molar-refractivity contribution in [3.05, 3.63) is 71.9 Å². The molecule has 0 saturated heterocycles.